The number of sulfonamides is 1. The lowest BCUT2D eigenvalue weighted by Gasteiger charge is -2.11. The molecule has 0 spiro atoms. The average molecular weight is 363 g/mol. The fraction of sp³-hybridized carbons (Fsp3) is 0.375. The summed E-state index contributed by atoms with van der Waals surface area (Å²) < 4.78 is 26.2. The second kappa shape index (κ2) is 5.66. The molecule has 1 atom stereocenters. The Morgan fingerprint density at radius 1 is 1.71 bits per heavy atom. The number of carboxylic acids is 1. The molecule has 0 fully saturated rings. The van der Waals surface area contributed by atoms with Crippen LogP contribution in [0.2, 0.25) is 5.02 Å². The van der Waals surface area contributed by atoms with Crippen molar-refractivity contribution < 1.29 is 18.3 Å². The van der Waals surface area contributed by atoms with Gasteiger partial charge in [0.1, 0.15) is 10.3 Å². The van der Waals surface area contributed by atoms with Crippen molar-refractivity contribution in [1.29, 1.82) is 0 Å². The number of hydrogen-bond acceptors (Lipinski definition) is 4. The number of aliphatic carboxylic acids is 1. The molecule has 0 bridgehead atoms. The lowest BCUT2D eigenvalue weighted by atomic mass is 10.2. The summed E-state index contributed by atoms with van der Waals surface area (Å²) in [7, 11) is -3.85. The first-order valence-electron chi connectivity index (χ1n) is 4.48. The van der Waals surface area contributed by atoms with E-state index in [-0.39, 0.29) is 15.7 Å². The molecule has 1 heterocycles. The summed E-state index contributed by atoms with van der Waals surface area (Å²) in [6.07, 6.45) is 0.162. The number of nitrogens with one attached hydrogen (secondary N) is 1. The van der Waals surface area contributed by atoms with Crippen LogP contribution in [0.5, 0.6) is 0 Å². The van der Waals surface area contributed by atoms with E-state index in [1.807, 2.05) is 0 Å². The summed E-state index contributed by atoms with van der Waals surface area (Å²) in [6.45, 7) is 1.58. The van der Waals surface area contributed by atoms with Crippen molar-refractivity contribution in [2.24, 2.45) is 0 Å². The van der Waals surface area contributed by atoms with Gasteiger partial charge in [-0.25, -0.2) is 8.42 Å². The van der Waals surface area contributed by atoms with Gasteiger partial charge in [-0.05, 0) is 28.4 Å². The Hall–Kier alpha value is -0.150. The summed E-state index contributed by atoms with van der Waals surface area (Å²) in [5.74, 6) is -1.21. The highest BCUT2D eigenvalue weighted by molar-refractivity contribution is 9.11. The normalized spacial score (nSPS) is 13.6. The monoisotopic (exact) mass is 361 g/mol. The van der Waals surface area contributed by atoms with Crippen molar-refractivity contribution in [3.05, 3.63) is 14.9 Å². The highest BCUT2D eigenvalue weighted by atomic mass is 79.9. The maximum atomic E-state index is 11.8. The van der Waals surface area contributed by atoms with Gasteiger partial charge in [0.05, 0.1) is 8.81 Å². The summed E-state index contributed by atoms with van der Waals surface area (Å²) in [5.41, 5.74) is 0. The Balaban J connectivity index is 3.00. The number of halogens is 2. The van der Waals surface area contributed by atoms with Crippen molar-refractivity contribution in [1.82, 2.24) is 4.72 Å². The maximum Gasteiger partial charge on any atom is 0.321 e. The van der Waals surface area contributed by atoms with E-state index in [4.69, 9.17) is 16.7 Å². The SMILES string of the molecule is CC[C@H](NS(=O)(=O)c1cc(Cl)c(Br)s1)C(=O)O. The average Bonchev–Trinajstić information content (AvgIpc) is 2.56. The molecule has 0 saturated heterocycles. The first-order chi connectivity index (χ1) is 7.77. The van der Waals surface area contributed by atoms with Gasteiger partial charge in [0, 0.05) is 0 Å². The van der Waals surface area contributed by atoms with Crippen LogP contribution in [0.1, 0.15) is 13.3 Å². The lowest BCUT2D eigenvalue weighted by Crippen LogP contribution is -2.39. The molecule has 0 saturated carbocycles. The molecule has 0 amide bonds. The van der Waals surface area contributed by atoms with Crippen LogP contribution in [0.3, 0.4) is 0 Å². The van der Waals surface area contributed by atoms with Crippen LogP contribution in [-0.4, -0.2) is 25.5 Å². The van der Waals surface area contributed by atoms with E-state index in [0.29, 0.717) is 3.79 Å². The molecule has 0 unspecified atom stereocenters. The highest BCUT2D eigenvalue weighted by Crippen LogP contribution is 2.34. The zero-order valence-electron chi connectivity index (χ0n) is 8.61. The van der Waals surface area contributed by atoms with Gasteiger partial charge in [-0.15, -0.1) is 11.3 Å². The molecular weight excluding hydrogens is 354 g/mol. The van der Waals surface area contributed by atoms with Gasteiger partial charge >= 0.3 is 5.97 Å². The van der Waals surface area contributed by atoms with E-state index in [1.165, 1.54) is 6.07 Å². The molecule has 5 nitrogen and oxygen atoms in total. The molecule has 0 radical (unpaired) electrons. The third-order valence-corrected chi connectivity index (χ3v) is 6.31. The minimum atomic E-state index is -3.85. The number of thiophene rings is 1. The minimum absolute atomic E-state index is 0.0194. The van der Waals surface area contributed by atoms with Crippen LogP contribution in [0.15, 0.2) is 14.1 Å². The first kappa shape index (κ1) is 14.9. The maximum absolute atomic E-state index is 11.8. The zero-order chi connectivity index (χ0) is 13.2. The van der Waals surface area contributed by atoms with Crippen LogP contribution in [0.25, 0.3) is 0 Å². The molecule has 96 valence electrons. The minimum Gasteiger partial charge on any atom is -0.480 e. The second-order valence-electron chi connectivity index (χ2n) is 3.11. The molecule has 1 aromatic heterocycles. The Kier molecular flexibility index (Phi) is 4.96. The molecular formula is C8H9BrClNO4S2. The Morgan fingerprint density at radius 3 is 2.65 bits per heavy atom. The van der Waals surface area contributed by atoms with Gasteiger partial charge in [0.2, 0.25) is 0 Å². The van der Waals surface area contributed by atoms with Gasteiger partial charge in [0.25, 0.3) is 10.0 Å². The lowest BCUT2D eigenvalue weighted by molar-refractivity contribution is -0.139. The fourth-order valence-electron chi connectivity index (χ4n) is 1.01. The van der Waals surface area contributed by atoms with E-state index < -0.39 is 22.0 Å². The van der Waals surface area contributed by atoms with E-state index in [9.17, 15) is 13.2 Å². The number of rotatable bonds is 5. The highest BCUT2D eigenvalue weighted by Gasteiger charge is 2.25. The number of hydrogen-bond donors (Lipinski definition) is 2. The molecule has 0 aliphatic carbocycles. The second-order valence-corrected chi connectivity index (χ2v) is 7.83. The van der Waals surface area contributed by atoms with Crippen LogP contribution >= 0.6 is 38.9 Å². The topological polar surface area (TPSA) is 83.5 Å². The Morgan fingerprint density at radius 2 is 2.29 bits per heavy atom. The number of carboxylic acid groups (broad SMARTS) is 1. The van der Waals surface area contributed by atoms with E-state index >= 15 is 0 Å². The third kappa shape index (κ3) is 3.65. The van der Waals surface area contributed by atoms with Crippen LogP contribution in [-0.2, 0) is 14.8 Å². The number of carbonyl (C=O) groups is 1. The van der Waals surface area contributed by atoms with Crippen LogP contribution in [0, 0.1) is 0 Å². The molecule has 9 heteroatoms. The van der Waals surface area contributed by atoms with Crippen molar-refractivity contribution in [2.45, 2.75) is 23.6 Å². The van der Waals surface area contributed by atoms with E-state index in [0.717, 1.165) is 11.3 Å². The van der Waals surface area contributed by atoms with E-state index in [1.54, 1.807) is 6.92 Å². The molecule has 17 heavy (non-hydrogen) atoms. The molecule has 0 aromatic carbocycles. The fourth-order valence-corrected chi connectivity index (χ4v) is 4.70. The largest absolute Gasteiger partial charge is 0.480 e. The molecule has 1 rings (SSSR count). The van der Waals surface area contributed by atoms with E-state index in [2.05, 4.69) is 20.7 Å². The van der Waals surface area contributed by atoms with Crippen LogP contribution < -0.4 is 4.72 Å². The smallest absolute Gasteiger partial charge is 0.321 e. The quantitative estimate of drug-likeness (QED) is 0.842. The summed E-state index contributed by atoms with van der Waals surface area (Å²) in [5, 5.41) is 9.06. The Bertz CT molecular complexity index is 508. The van der Waals surface area contributed by atoms with Crippen molar-refractivity contribution in [3.8, 4) is 0 Å². The zero-order valence-corrected chi connectivity index (χ0v) is 12.6. The standard InChI is InChI=1S/C8H9BrClNO4S2/c1-2-5(8(12)13)11-17(14,15)6-3-4(10)7(9)16-6/h3,5,11H,2H2,1H3,(H,12,13)/t5-/m0/s1. The summed E-state index contributed by atoms with van der Waals surface area (Å²) >= 11 is 9.75. The van der Waals surface area contributed by atoms with Gasteiger partial charge < -0.3 is 5.11 Å². The summed E-state index contributed by atoms with van der Waals surface area (Å²) in [6, 6.07) is 0.132. The Labute approximate surface area is 116 Å². The molecule has 0 aliphatic rings. The van der Waals surface area contributed by atoms with Gasteiger partial charge in [0.15, 0.2) is 0 Å². The molecule has 2 N–H and O–H groups in total. The summed E-state index contributed by atoms with van der Waals surface area (Å²) in [4.78, 5) is 10.8. The molecule has 1 aromatic rings. The van der Waals surface area contributed by atoms with Gasteiger partial charge in [-0.3, -0.25) is 4.79 Å². The third-order valence-electron chi connectivity index (χ3n) is 1.89. The van der Waals surface area contributed by atoms with Crippen molar-refractivity contribution in [2.75, 3.05) is 0 Å². The van der Waals surface area contributed by atoms with Gasteiger partial charge in [-0.1, -0.05) is 18.5 Å². The first-order valence-corrected chi connectivity index (χ1v) is 7.95. The van der Waals surface area contributed by atoms with Crippen molar-refractivity contribution >= 4 is 54.9 Å². The molecule has 0 aliphatic heterocycles. The van der Waals surface area contributed by atoms with Crippen LogP contribution in [0.4, 0.5) is 0 Å². The van der Waals surface area contributed by atoms with Gasteiger partial charge in [-0.2, -0.15) is 4.72 Å². The predicted octanol–water partition coefficient (Wildman–Crippen LogP) is 2.31. The van der Waals surface area contributed by atoms with Crippen molar-refractivity contribution in [3.63, 3.8) is 0 Å². The predicted molar refractivity (Wildman–Crippen MR) is 69.1 cm³/mol.